The van der Waals surface area contributed by atoms with E-state index in [1.54, 1.807) is 0 Å². The molecular weight excluding hydrogens is 276 g/mol. The van der Waals surface area contributed by atoms with Gasteiger partial charge in [0.25, 0.3) is 0 Å². The highest BCUT2D eigenvalue weighted by Gasteiger charge is 2.13. The van der Waals surface area contributed by atoms with Gasteiger partial charge in [-0.15, -0.1) is 11.3 Å². The molecule has 1 N–H and O–H groups in total. The molecule has 0 aliphatic heterocycles. The van der Waals surface area contributed by atoms with Crippen LogP contribution in [0.5, 0.6) is 0 Å². The van der Waals surface area contributed by atoms with Crippen LogP contribution in [0.4, 0.5) is 0 Å². The first-order chi connectivity index (χ1) is 9.76. The van der Waals surface area contributed by atoms with E-state index in [0.717, 1.165) is 18.7 Å². The molecule has 0 saturated carbocycles. The van der Waals surface area contributed by atoms with Crippen molar-refractivity contribution in [2.75, 3.05) is 6.54 Å². The largest absolute Gasteiger partial charge is 0.312 e. The second-order valence-corrected chi connectivity index (χ2v) is 8.05. The number of benzene rings is 1. The molecule has 0 fully saturated rings. The summed E-state index contributed by atoms with van der Waals surface area (Å²) in [6.45, 7) is 14.0. The van der Waals surface area contributed by atoms with E-state index in [1.807, 2.05) is 11.3 Å². The Morgan fingerprint density at radius 1 is 1.14 bits per heavy atom. The van der Waals surface area contributed by atoms with Crippen molar-refractivity contribution in [3.8, 4) is 11.3 Å². The molecule has 2 aromatic rings. The average Bonchev–Trinajstić information content (AvgIpc) is 2.69. The Balaban J connectivity index is 2.15. The number of thiazole rings is 1. The lowest BCUT2D eigenvalue weighted by Gasteiger charge is -2.19. The number of rotatable bonds is 4. The molecule has 2 nitrogen and oxygen atoms in total. The summed E-state index contributed by atoms with van der Waals surface area (Å²) in [5, 5.41) is 4.75. The summed E-state index contributed by atoms with van der Waals surface area (Å²) in [6, 6.07) is 6.60. The molecule has 0 aliphatic carbocycles. The lowest BCUT2D eigenvalue weighted by Crippen LogP contribution is -2.37. The normalized spacial score (nSPS) is 11.9. The van der Waals surface area contributed by atoms with Crippen LogP contribution < -0.4 is 5.32 Å². The van der Waals surface area contributed by atoms with Crippen LogP contribution in [0.25, 0.3) is 11.3 Å². The molecule has 1 aromatic carbocycles. The van der Waals surface area contributed by atoms with Crippen molar-refractivity contribution in [2.45, 2.75) is 53.5 Å². The third-order valence-corrected chi connectivity index (χ3v) is 4.50. The van der Waals surface area contributed by atoms with Gasteiger partial charge in [-0.3, -0.25) is 0 Å². The van der Waals surface area contributed by atoms with Crippen LogP contribution in [0.1, 0.15) is 41.8 Å². The SMILES string of the molecule is Cc1ccc(-c2nc(CCNC(C)(C)C)sc2C)c(C)c1. The number of hydrogen-bond donors (Lipinski definition) is 1. The summed E-state index contributed by atoms with van der Waals surface area (Å²) in [4.78, 5) is 6.18. The van der Waals surface area contributed by atoms with E-state index in [4.69, 9.17) is 4.98 Å². The molecule has 0 spiro atoms. The van der Waals surface area contributed by atoms with Crippen LogP contribution in [0.2, 0.25) is 0 Å². The van der Waals surface area contributed by atoms with E-state index >= 15 is 0 Å². The maximum atomic E-state index is 4.87. The molecule has 114 valence electrons. The quantitative estimate of drug-likeness (QED) is 0.888. The zero-order chi connectivity index (χ0) is 15.6. The molecule has 3 heteroatoms. The van der Waals surface area contributed by atoms with Gasteiger partial charge in [0.2, 0.25) is 0 Å². The smallest absolute Gasteiger partial charge is 0.0948 e. The Labute approximate surface area is 132 Å². The molecule has 0 bridgehead atoms. The maximum Gasteiger partial charge on any atom is 0.0948 e. The summed E-state index contributed by atoms with van der Waals surface area (Å²) in [7, 11) is 0. The van der Waals surface area contributed by atoms with Gasteiger partial charge < -0.3 is 5.32 Å². The van der Waals surface area contributed by atoms with Crippen molar-refractivity contribution in [1.82, 2.24) is 10.3 Å². The van der Waals surface area contributed by atoms with Crippen LogP contribution in [0.3, 0.4) is 0 Å². The van der Waals surface area contributed by atoms with Gasteiger partial charge in [0.15, 0.2) is 0 Å². The van der Waals surface area contributed by atoms with Gasteiger partial charge in [-0.05, 0) is 47.1 Å². The van der Waals surface area contributed by atoms with Crippen molar-refractivity contribution < 1.29 is 0 Å². The van der Waals surface area contributed by atoms with Crippen molar-refractivity contribution in [3.05, 3.63) is 39.2 Å². The Bertz CT molecular complexity index is 621. The Kier molecular flexibility index (Phi) is 4.84. The zero-order valence-corrected chi connectivity index (χ0v) is 14.8. The minimum absolute atomic E-state index is 0.169. The topological polar surface area (TPSA) is 24.9 Å². The van der Waals surface area contributed by atoms with E-state index in [1.165, 1.54) is 26.6 Å². The maximum absolute atomic E-state index is 4.87. The van der Waals surface area contributed by atoms with Crippen LogP contribution in [-0.4, -0.2) is 17.1 Å². The van der Waals surface area contributed by atoms with Crippen LogP contribution in [0, 0.1) is 20.8 Å². The fourth-order valence-electron chi connectivity index (χ4n) is 2.43. The van der Waals surface area contributed by atoms with E-state index in [9.17, 15) is 0 Å². The minimum atomic E-state index is 0.169. The summed E-state index contributed by atoms with van der Waals surface area (Å²) in [5.74, 6) is 0. The fraction of sp³-hybridized carbons (Fsp3) is 0.500. The third kappa shape index (κ3) is 4.39. The first kappa shape index (κ1) is 16.2. The second kappa shape index (κ2) is 6.29. The predicted octanol–water partition coefficient (Wildman–Crippen LogP) is 4.67. The highest BCUT2D eigenvalue weighted by Crippen LogP contribution is 2.30. The van der Waals surface area contributed by atoms with Gasteiger partial charge >= 0.3 is 0 Å². The average molecular weight is 302 g/mol. The molecule has 0 radical (unpaired) electrons. The van der Waals surface area contributed by atoms with Gasteiger partial charge in [-0.1, -0.05) is 23.8 Å². The molecule has 1 heterocycles. The first-order valence-corrected chi connectivity index (χ1v) is 8.37. The zero-order valence-electron chi connectivity index (χ0n) is 14.0. The number of nitrogens with zero attached hydrogens (tertiary/aromatic N) is 1. The molecular formula is C18H26N2S. The number of aryl methyl sites for hydroxylation is 3. The highest BCUT2D eigenvalue weighted by atomic mass is 32.1. The second-order valence-electron chi connectivity index (χ2n) is 6.76. The Morgan fingerprint density at radius 3 is 2.48 bits per heavy atom. The standard InChI is InChI=1S/C18H26N2S/c1-12-7-8-15(13(2)11-12)17-14(3)21-16(20-17)9-10-19-18(4,5)6/h7-8,11,19H,9-10H2,1-6H3. The number of hydrogen-bond acceptors (Lipinski definition) is 3. The lowest BCUT2D eigenvalue weighted by atomic mass is 10.0. The number of aromatic nitrogens is 1. The predicted molar refractivity (Wildman–Crippen MR) is 93.2 cm³/mol. The van der Waals surface area contributed by atoms with Crippen LogP contribution >= 0.6 is 11.3 Å². The van der Waals surface area contributed by atoms with Gasteiger partial charge in [-0.25, -0.2) is 4.98 Å². The van der Waals surface area contributed by atoms with E-state index in [0.29, 0.717) is 0 Å². The van der Waals surface area contributed by atoms with Crippen LogP contribution in [-0.2, 0) is 6.42 Å². The molecule has 0 atom stereocenters. The highest BCUT2D eigenvalue weighted by molar-refractivity contribution is 7.12. The van der Waals surface area contributed by atoms with Gasteiger partial charge in [0.1, 0.15) is 0 Å². The Hall–Kier alpha value is -1.19. The summed E-state index contributed by atoms with van der Waals surface area (Å²) in [6.07, 6.45) is 0.994. The lowest BCUT2D eigenvalue weighted by molar-refractivity contribution is 0.429. The molecule has 21 heavy (non-hydrogen) atoms. The molecule has 0 unspecified atom stereocenters. The first-order valence-electron chi connectivity index (χ1n) is 7.55. The molecule has 0 amide bonds. The molecule has 0 saturated heterocycles. The summed E-state index contributed by atoms with van der Waals surface area (Å²) >= 11 is 1.82. The number of nitrogens with one attached hydrogen (secondary N) is 1. The van der Waals surface area contributed by atoms with Crippen molar-refractivity contribution in [1.29, 1.82) is 0 Å². The van der Waals surface area contributed by atoms with Crippen molar-refractivity contribution in [3.63, 3.8) is 0 Å². The summed E-state index contributed by atoms with van der Waals surface area (Å²) in [5.41, 5.74) is 5.21. The van der Waals surface area contributed by atoms with E-state index < -0.39 is 0 Å². The van der Waals surface area contributed by atoms with Crippen molar-refractivity contribution in [2.24, 2.45) is 0 Å². The van der Waals surface area contributed by atoms with E-state index in [2.05, 4.69) is 65.1 Å². The van der Waals surface area contributed by atoms with Crippen molar-refractivity contribution >= 4 is 11.3 Å². The third-order valence-electron chi connectivity index (χ3n) is 3.47. The van der Waals surface area contributed by atoms with Crippen LogP contribution in [0.15, 0.2) is 18.2 Å². The molecule has 0 aliphatic rings. The van der Waals surface area contributed by atoms with Gasteiger partial charge in [0.05, 0.1) is 10.7 Å². The van der Waals surface area contributed by atoms with Gasteiger partial charge in [0, 0.05) is 28.9 Å². The van der Waals surface area contributed by atoms with E-state index in [-0.39, 0.29) is 5.54 Å². The van der Waals surface area contributed by atoms with Gasteiger partial charge in [-0.2, -0.15) is 0 Å². The monoisotopic (exact) mass is 302 g/mol. The Morgan fingerprint density at radius 2 is 1.86 bits per heavy atom. The molecule has 1 aromatic heterocycles. The minimum Gasteiger partial charge on any atom is -0.312 e. The summed E-state index contributed by atoms with van der Waals surface area (Å²) < 4.78 is 0. The fourth-order valence-corrected chi connectivity index (χ4v) is 3.38. The molecule has 2 rings (SSSR count).